The molecule has 0 unspecified atom stereocenters. The Hall–Kier alpha value is -1.42. The van der Waals surface area contributed by atoms with Crippen LogP contribution in [0.3, 0.4) is 0 Å². The maximum Gasteiger partial charge on any atom is 0.320 e. The van der Waals surface area contributed by atoms with Gasteiger partial charge in [0, 0.05) is 11.1 Å². The number of urea groups is 1. The van der Waals surface area contributed by atoms with Crippen molar-refractivity contribution in [3.8, 4) is 0 Å². The molecule has 0 aliphatic rings. The standard InChI is InChI=1S/C12H16N2OS/c1-12(2,3)14-11(15)13-10(16)9-7-5-4-6-8-9/h4-8H,1-3H3,(H2,13,14,15,16). The maximum absolute atomic E-state index is 11.5. The number of amides is 2. The van der Waals surface area contributed by atoms with Crippen molar-refractivity contribution in [3.63, 3.8) is 0 Å². The molecule has 2 amide bonds. The topological polar surface area (TPSA) is 41.1 Å². The Morgan fingerprint density at radius 3 is 2.25 bits per heavy atom. The van der Waals surface area contributed by atoms with Gasteiger partial charge in [-0.05, 0) is 20.8 Å². The van der Waals surface area contributed by atoms with Gasteiger partial charge in [-0.25, -0.2) is 4.79 Å². The summed E-state index contributed by atoms with van der Waals surface area (Å²) in [6, 6.07) is 9.11. The van der Waals surface area contributed by atoms with Crippen LogP contribution in [0.25, 0.3) is 0 Å². The SMILES string of the molecule is CC(C)(C)NC(=O)NC(=S)c1ccccc1. The fourth-order valence-corrected chi connectivity index (χ4v) is 1.37. The highest BCUT2D eigenvalue weighted by molar-refractivity contribution is 7.80. The number of hydrogen-bond donors (Lipinski definition) is 2. The van der Waals surface area contributed by atoms with Gasteiger partial charge in [0.2, 0.25) is 0 Å². The van der Waals surface area contributed by atoms with Crippen molar-refractivity contribution >= 4 is 23.2 Å². The van der Waals surface area contributed by atoms with E-state index in [1.807, 2.05) is 51.1 Å². The van der Waals surface area contributed by atoms with Gasteiger partial charge in [-0.1, -0.05) is 42.5 Å². The Balaban J connectivity index is 2.56. The van der Waals surface area contributed by atoms with Crippen molar-refractivity contribution in [1.29, 1.82) is 0 Å². The van der Waals surface area contributed by atoms with E-state index in [1.165, 1.54) is 0 Å². The molecule has 0 fully saturated rings. The summed E-state index contributed by atoms with van der Waals surface area (Å²) in [5.41, 5.74) is 0.567. The molecule has 0 aromatic heterocycles. The Bertz CT molecular complexity index is 382. The second kappa shape index (κ2) is 5.07. The summed E-state index contributed by atoms with van der Waals surface area (Å²) in [5.74, 6) is 0. The lowest BCUT2D eigenvalue weighted by molar-refractivity contribution is 0.237. The van der Waals surface area contributed by atoms with Crippen LogP contribution in [-0.2, 0) is 0 Å². The third kappa shape index (κ3) is 4.40. The normalized spacial score (nSPS) is 10.7. The molecule has 0 radical (unpaired) electrons. The first-order valence-corrected chi connectivity index (χ1v) is 5.48. The number of rotatable bonds is 1. The lowest BCUT2D eigenvalue weighted by atomic mass is 10.1. The van der Waals surface area contributed by atoms with Gasteiger partial charge in [0.05, 0.1) is 0 Å². The van der Waals surface area contributed by atoms with Gasteiger partial charge in [-0.15, -0.1) is 0 Å². The molecule has 1 aromatic rings. The van der Waals surface area contributed by atoms with Gasteiger partial charge in [0.15, 0.2) is 0 Å². The van der Waals surface area contributed by atoms with Crippen LogP contribution < -0.4 is 10.6 Å². The van der Waals surface area contributed by atoms with E-state index in [0.29, 0.717) is 4.99 Å². The summed E-state index contributed by atoms with van der Waals surface area (Å²) in [6.45, 7) is 5.74. The van der Waals surface area contributed by atoms with Gasteiger partial charge in [0.1, 0.15) is 4.99 Å². The molecule has 0 aliphatic heterocycles. The first kappa shape index (κ1) is 12.6. The number of carbonyl (C=O) groups is 1. The van der Waals surface area contributed by atoms with E-state index in [-0.39, 0.29) is 11.6 Å². The number of benzene rings is 1. The first-order valence-electron chi connectivity index (χ1n) is 5.07. The van der Waals surface area contributed by atoms with Crippen LogP contribution in [0.1, 0.15) is 26.3 Å². The van der Waals surface area contributed by atoms with Crippen molar-refractivity contribution in [2.45, 2.75) is 26.3 Å². The van der Waals surface area contributed by atoms with Crippen LogP contribution in [0.15, 0.2) is 30.3 Å². The lowest BCUT2D eigenvalue weighted by Gasteiger charge is -2.20. The highest BCUT2D eigenvalue weighted by Gasteiger charge is 2.14. The Morgan fingerprint density at radius 2 is 1.75 bits per heavy atom. The Kier molecular flexibility index (Phi) is 4.01. The van der Waals surface area contributed by atoms with Crippen LogP contribution in [0.5, 0.6) is 0 Å². The van der Waals surface area contributed by atoms with E-state index in [1.54, 1.807) is 0 Å². The van der Waals surface area contributed by atoms with Gasteiger partial charge < -0.3 is 5.32 Å². The molecule has 0 atom stereocenters. The minimum atomic E-state index is -0.277. The highest BCUT2D eigenvalue weighted by Crippen LogP contribution is 2.01. The quantitative estimate of drug-likeness (QED) is 0.735. The van der Waals surface area contributed by atoms with Crippen LogP contribution in [-0.4, -0.2) is 16.6 Å². The van der Waals surface area contributed by atoms with Gasteiger partial charge in [-0.3, -0.25) is 5.32 Å². The van der Waals surface area contributed by atoms with Crippen molar-refractivity contribution in [1.82, 2.24) is 10.6 Å². The lowest BCUT2D eigenvalue weighted by Crippen LogP contribution is -2.48. The molecule has 0 aliphatic carbocycles. The summed E-state index contributed by atoms with van der Waals surface area (Å²) in [6.07, 6.45) is 0. The average Bonchev–Trinajstić information content (AvgIpc) is 2.16. The Morgan fingerprint density at radius 1 is 1.19 bits per heavy atom. The smallest absolute Gasteiger partial charge is 0.320 e. The van der Waals surface area contributed by atoms with E-state index in [0.717, 1.165) is 5.56 Å². The molecule has 1 rings (SSSR count). The molecule has 0 bridgehead atoms. The second-order valence-electron chi connectivity index (χ2n) is 4.52. The van der Waals surface area contributed by atoms with Crippen molar-refractivity contribution in [2.75, 3.05) is 0 Å². The fraction of sp³-hybridized carbons (Fsp3) is 0.333. The molecule has 3 nitrogen and oxygen atoms in total. The van der Waals surface area contributed by atoms with Gasteiger partial charge in [0.25, 0.3) is 0 Å². The van der Waals surface area contributed by atoms with E-state index in [4.69, 9.17) is 12.2 Å². The van der Waals surface area contributed by atoms with Crippen molar-refractivity contribution in [2.24, 2.45) is 0 Å². The molecule has 86 valence electrons. The summed E-state index contributed by atoms with van der Waals surface area (Å²) in [5, 5.41) is 5.42. The molecule has 1 aromatic carbocycles. The predicted octanol–water partition coefficient (Wildman–Crippen LogP) is 2.46. The van der Waals surface area contributed by atoms with Crippen molar-refractivity contribution in [3.05, 3.63) is 35.9 Å². The van der Waals surface area contributed by atoms with Crippen LogP contribution >= 0.6 is 12.2 Å². The molecule has 2 N–H and O–H groups in total. The van der Waals surface area contributed by atoms with Crippen molar-refractivity contribution < 1.29 is 4.79 Å². The monoisotopic (exact) mass is 236 g/mol. The molecule has 0 spiro atoms. The molecule has 16 heavy (non-hydrogen) atoms. The van der Waals surface area contributed by atoms with Gasteiger partial charge in [-0.2, -0.15) is 0 Å². The van der Waals surface area contributed by atoms with Crippen LogP contribution in [0.4, 0.5) is 4.79 Å². The summed E-state index contributed by atoms with van der Waals surface area (Å²) < 4.78 is 0. The third-order valence-corrected chi connectivity index (χ3v) is 2.09. The molecule has 0 saturated carbocycles. The molecule has 0 heterocycles. The minimum Gasteiger partial charge on any atom is -0.333 e. The number of nitrogens with one attached hydrogen (secondary N) is 2. The molecule has 4 heteroatoms. The minimum absolute atomic E-state index is 0.267. The summed E-state index contributed by atoms with van der Waals surface area (Å²) in [4.78, 5) is 12.0. The third-order valence-electron chi connectivity index (χ3n) is 1.75. The zero-order valence-electron chi connectivity index (χ0n) is 9.70. The molecular weight excluding hydrogens is 220 g/mol. The fourth-order valence-electron chi connectivity index (χ4n) is 1.14. The number of hydrogen-bond acceptors (Lipinski definition) is 2. The largest absolute Gasteiger partial charge is 0.333 e. The Labute approximate surface area is 101 Å². The van der Waals surface area contributed by atoms with Gasteiger partial charge >= 0.3 is 6.03 Å². The average molecular weight is 236 g/mol. The number of carbonyl (C=O) groups excluding carboxylic acids is 1. The molecule has 0 saturated heterocycles. The first-order chi connectivity index (χ1) is 7.38. The van der Waals surface area contributed by atoms with Crippen LogP contribution in [0.2, 0.25) is 0 Å². The second-order valence-corrected chi connectivity index (χ2v) is 4.93. The summed E-state index contributed by atoms with van der Waals surface area (Å²) >= 11 is 5.11. The highest BCUT2D eigenvalue weighted by atomic mass is 32.1. The summed E-state index contributed by atoms with van der Waals surface area (Å²) in [7, 11) is 0. The van der Waals surface area contributed by atoms with E-state index < -0.39 is 0 Å². The number of thiocarbonyl (C=S) groups is 1. The predicted molar refractivity (Wildman–Crippen MR) is 69.6 cm³/mol. The van der Waals surface area contributed by atoms with E-state index >= 15 is 0 Å². The zero-order valence-corrected chi connectivity index (χ0v) is 10.5. The molecular formula is C12H16N2OS. The maximum atomic E-state index is 11.5. The van der Waals surface area contributed by atoms with E-state index in [2.05, 4.69) is 10.6 Å². The van der Waals surface area contributed by atoms with Crippen LogP contribution in [0, 0.1) is 0 Å². The van der Waals surface area contributed by atoms with E-state index in [9.17, 15) is 4.79 Å². The zero-order chi connectivity index (χ0) is 12.2.